The first kappa shape index (κ1) is 24.2. The Balaban J connectivity index is 2.09. The maximum absolute atomic E-state index is 12.8. The number of nitrogens with one attached hydrogen (secondary N) is 1. The van der Waals surface area contributed by atoms with Gasteiger partial charge in [0.05, 0.1) is 23.0 Å². The molecule has 0 saturated heterocycles. The third-order valence-electron chi connectivity index (χ3n) is 4.40. The highest BCUT2D eigenvalue weighted by Crippen LogP contribution is 2.24. The Hall–Kier alpha value is -2.08. The Morgan fingerprint density at radius 2 is 2.03 bits per heavy atom. The van der Waals surface area contributed by atoms with Crippen molar-refractivity contribution in [2.75, 3.05) is 18.1 Å². The quantitative estimate of drug-likeness (QED) is 0.249. The van der Waals surface area contributed by atoms with E-state index in [1.807, 2.05) is 6.92 Å². The predicted molar refractivity (Wildman–Crippen MR) is 113 cm³/mol. The summed E-state index contributed by atoms with van der Waals surface area (Å²) >= 11 is 1.14. The summed E-state index contributed by atoms with van der Waals surface area (Å²) in [4.78, 5) is 16.2. The van der Waals surface area contributed by atoms with Gasteiger partial charge in [-0.1, -0.05) is 13.3 Å². The molecule has 1 aromatic heterocycles. The van der Waals surface area contributed by atoms with Gasteiger partial charge in [0.25, 0.3) is 5.91 Å². The van der Waals surface area contributed by atoms with Gasteiger partial charge in [0.15, 0.2) is 15.4 Å². The van der Waals surface area contributed by atoms with E-state index in [2.05, 4.69) is 4.98 Å². The minimum Gasteiger partial charge on any atom is -0.494 e. The number of hydroxylamine groups is 1. The number of rotatable bonds is 12. The third-order valence-corrected chi connectivity index (χ3v) is 7.39. The molecule has 0 fully saturated rings. The van der Waals surface area contributed by atoms with E-state index < -0.39 is 27.1 Å². The van der Waals surface area contributed by atoms with E-state index in [1.165, 1.54) is 29.7 Å². The van der Waals surface area contributed by atoms with Gasteiger partial charge in [0.1, 0.15) is 11.6 Å². The van der Waals surface area contributed by atoms with Crippen LogP contribution < -0.4 is 10.2 Å². The maximum Gasteiger partial charge on any atom is 0.277 e. The first-order chi connectivity index (χ1) is 14.2. The Labute approximate surface area is 180 Å². The van der Waals surface area contributed by atoms with Crippen LogP contribution in [0.15, 0.2) is 41.6 Å². The standard InChI is InChI=1S/C19H27N3O6S2/c1-3-4-11-28-15-5-7-16(8-6-15)30(26,27)14-19(24,18(23)21-25)13-29-12-17-20-9-10-22(17)2/h5-10,24-25H,3-4,11-14H2,1-2H3,(H,21,23). The number of nitrogens with zero attached hydrogens (tertiary/aromatic N) is 2. The van der Waals surface area contributed by atoms with E-state index >= 15 is 0 Å². The minimum absolute atomic E-state index is 0.0522. The fourth-order valence-electron chi connectivity index (χ4n) is 2.60. The van der Waals surface area contributed by atoms with Crippen LogP contribution in [-0.2, 0) is 27.4 Å². The molecule has 11 heteroatoms. The number of sulfone groups is 1. The second-order valence-electron chi connectivity index (χ2n) is 6.85. The van der Waals surface area contributed by atoms with Gasteiger partial charge >= 0.3 is 0 Å². The van der Waals surface area contributed by atoms with Crippen LogP contribution in [0.1, 0.15) is 25.6 Å². The van der Waals surface area contributed by atoms with Crippen molar-refractivity contribution in [3.05, 3.63) is 42.5 Å². The van der Waals surface area contributed by atoms with Crippen LogP contribution in [0.25, 0.3) is 0 Å². The van der Waals surface area contributed by atoms with Crippen molar-refractivity contribution in [1.29, 1.82) is 0 Å². The summed E-state index contributed by atoms with van der Waals surface area (Å²) in [5.41, 5.74) is -0.955. The zero-order valence-electron chi connectivity index (χ0n) is 16.9. The number of carbonyl (C=O) groups is 1. The Bertz CT molecular complexity index is 930. The first-order valence-electron chi connectivity index (χ1n) is 9.38. The highest BCUT2D eigenvalue weighted by Gasteiger charge is 2.41. The van der Waals surface area contributed by atoms with Crippen molar-refractivity contribution in [1.82, 2.24) is 15.0 Å². The fourth-order valence-corrected chi connectivity index (χ4v) is 5.44. The van der Waals surface area contributed by atoms with Crippen molar-refractivity contribution in [3.63, 3.8) is 0 Å². The molecule has 9 nitrogen and oxygen atoms in total. The zero-order valence-corrected chi connectivity index (χ0v) is 18.6. The molecule has 1 amide bonds. The van der Waals surface area contributed by atoms with Crippen LogP contribution in [0, 0.1) is 0 Å². The van der Waals surface area contributed by atoms with E-state index in [0.29, 0.717) is 23.9 Å². The summed E-state index contributed by atoms with van der Waals surface area (Å²) in [5.74, 6) is -0.712. The topological polar surface area (TPSA) is 131 Å². The van der Waals surface area contributed by atoms with E-state index in [-0.39, 0.29) is 10.6 Å². The van der Waals surface area contributed by atoms with Crippen LogP contribution in [0.4, 0.5) is 0 Å². The largest absolute Gasteiger partial charge is 0.494 e. The molecule has 0 aliphatic carbocycles. The van der Waals surface area contributed by atoms with Crippen molar-refractivity contribution < 1.29 is 28.3 Å². The molecule has 30 heavy (non-hydrogen) atoms. The minimum atomic E-state index is -4.02. The van der Waals surface area contributed by atoms with Gasteiger partial charge in [0.2, 0.25) is 0 Å². The number of aliphatic hydroxyl groups is 1. The normalized spacial score (nSPS) is 13.6. The van der Waals surface area contributed by atoms with Crippen LogP contribution in [0.3, 0.4) is 0 Å². The number of aromatic nitrogens is 2. The molecule has 1 unspecified atom stereocenters. The maximum atomic E-state index is 12.8. The molecule has 0 spiro atoms. The lowest BCUT2D eigenvalue weighted by atomic mass is 10.1. The highest BCUT2D eigenvalue weighted by atomic mass is 32.2. The summed E-state index contributed by atoms with van der Waals surface area (Å²) < 4.78 is 32.9. The molecule has 0 radical (unpaired) electrons. The van der Waals surface area contributed by atoms with Gasteiger partial charge in [-0.25, -0.2) is 18.9 Å². The Morgan fingerprint density at radius 3 is 2.60 bits per heavy atom. The van der Waals surface area contributed by atoms with Crippen LogP contribution in [0.5, 0.6) is 5.75 Å². The molecule has 0 bridgehead atoms. The number of amides is 1. The molecule has 3 N–H and O–H groups in total. The van der Waals surface area contributed by atoms with Crippen LogP contribution >= 0.6 is 11.8 Å². The summed E-state index contributed by atoms with van der Waals surface area (Å²) in [7, 11) is -2.22. The van der Waals surface area contributed by atoms with Crippen molar-refractivity contribution in [3.8, 4) is 5.75 Å². The molecule has 0 aliphatic heterocycles. The van der Waals surface area contributed by atoms with Crippen LogP contribution in [0.2, 0.25) is 0 Å². The number of benzene rings is 1. The van der Waals surface area contributed by atoms with Gasteiger partial charge < -0.3 is 14.4 Å². The smallest absolute Gasteiger partial charge is 0.277 e. The van der Waals surface area contributed by atoms with Gasteiger partial charge in [-0.3, -0.25) is 10.0 Å². The number of imidazole rings is 1. The number of unbranched alkanes of at least 4 members (excludes halogenated alkanes) is 1. The van der Waals surface area contributed by atoms with E-state index in [0.717, 1.165) is 24.6 Å². The summed E-state index contributed by atoms with van der Waals surface area (Å²) in [6, 6.07) is 5.80. The van der Waals surface area contributed by atoms with Crippen molar-refractivity contribution in [2.24, 2.45) is 7.05 Å². The summed E-state index contributed by atoms with van der Waals surface area (Å²) in [6.07, 6.45) is 5.24. The molecular formula is C19H27N3O6S2. The monoisotopic (exact) mass is 457 g/mol. The fraction of sp³-hybridized carbons (Fsp3) is 0.474. The van der Waals surface area contributed by atoms with Crippen molar-refractivity contribution >= 4 is 27.5 Å². The molecule has 1 atom stereocenters. The second-order valence-corrected chi connectivity index (χ2v) is 9.83. The van der Waals surface area contributed by atoms with Gasteiger partial charge in [-0.15, -0.1) is 0 Å². The number of ether oxygens (including phenoxy) is 1. The molecule has 0 saturated carbocycles. The Morgan fingerprint density at radius 1 is 1.33 bits per heavy atom. The highest BCUT2D eigenvalue weighted by molar-refractivity contribution is 7.98. The SMILES string of the molecule is CCCCOc1ccc(S(=O)(=O)CC(O)(CSCc2nccn2C)C(=O)NO)cc1. The van der Waals surface area contributed by atoms with E-state index in [1.54, 1.807) is 24.0 Å². The van der Waals surface area contributed by atoms with E-state index in [4.69, 9.17) is 9.94 Å². The molecule has 1 aromatic carbocycles. The Kier molecular flexibility index (Phi) is 8.71. The molecule has 1 heterocycles. The van der Waals surface area contributed by atoms with E-state index in [9.17, 15) is 18.3 Å². The number of carbonyl (C=O) groups excluding carboxylic acids is 1. The second kappa shape index (κ2) is 10.8. The number of thioether (sulfide) groups is 1. The lowest BCUT2D eigenvalue weighted by Crippen LogP contribution is -2.52. The predicted octanol–water partition coefficient (Wildman–Crippen LogP) is 1.54. The molecule has 2 aromatic rings. The molecule has 2 rings (SSSR count). The lowest BCUT2D eigenvalue weighted by Gasteiger charge is -2.25. The molecule has 166 valence electrons. The summed E-state index contributed by atoms with van der Waals surface area (Å²) in [5, 5.41) is 19.8. The average Bonchev–Trinajstić information content (AvgIpc) is 3.12. The van der Waals surface area contributed by atoms with Gasteiger partial charge in [-0.05, 0) is 30.7 Å². The van der Waals surface area contributed by atoms with Gasteiger partial charge in [0, 0.05) is 25.2 Å². The van der Waals surface area contributed by atoms with Gasteiger partial charge in [-0.2, -0.15) is 11.8 Å². The molecule has 0 aliphatic rings. The molecular weight excluding hydrogens is 430 g/mol. The van der Waals surface area contributed by atoms with Crippen molar-refractivity contribution in [2.45, 2.75) is 36.0 Å². The summed E-state index contributed by atoms with van der Waals surface area (Å²) in [6.45, 7) is 2.57. The average molecular weight is 458 g/mol. The number of hydrogen-bond acceptors (Lipinski definition) is 8. The third kappa shape index (κ3) is 6.46. The number of aryl methyl sites for hydroxylation is 1. The first-order valence-corrected chi connectivity index (χ1v) is 12.2. The van der Waals surface area contributed by atoms with Crippen LogP contribution in [-0.4, -0.2) is 57.9 Å². The lowest BCUT2D eigenvalue weighted by molar-refractivity contribution is -0.144. The number of hydrogen-bond donors (Lipinski definition) is 3. The zero-order chi connectivity index (χ0) is 22.2.